The van der Waals surface area contributed by atoms with E-state index in [9.17, 15) is 22.8 Å². The van der Waals surface area contributed by atoms with Crippen LogP contribution in [-0.4, -0.2) is 24.8 Å². The van der Waals surface area contributed by atoms with Gasteiger partial charge >= 0.3 is 18.2 Å². The lowest BCUT2D eigenvalue weighted by Crippen LogP contribution is -2.28. The zero-order valence-corrected chi connectivity index (χ0v) is 13.5. The van der Waals surface area contributed by atoms with Crippen LogP contribution < -0.4 is 5.32 Å². The van der Waals surface area contributed by atoms with Gasteiger partial charge in [0.25, 0.3) is 0 Å². The van der Waals surface area contributed by atoms with Gasteiger partial charge in [-0.25, -0.2) is 9.59 Å². The largest absolute Gasteiger partial charge is 0.465 e. The lowest BCUT2D eigenvalue weighted by atomic mass is 10.0. The summed E-state index contributed by atoms with van der Waals surface area (Å²) in [6.45, 7) is 4.80. The van der Waals surface area contributed by atoms with Gasteiger partial charge in [0.2, 0.25) is 0 Å². The molecule has 130 valence electrons. The smallest absolute Gasteiger partial charge is 0.416 e. The third-order valence-electron chi connectivity index (χ3n) is 2.65. The number of hydrogen-bond acceptors (Lipinski definition) is 4. The molecule has 0 aliphatic rings. The monoisotopic (exact) mass is 343 g/mol. The topological polar surface area (TPSA) is 64.6 Å². The Morgan fingerprint density at radius 2 is 1.79 bits per heavy atom. The number of carbonyl (C=O) groups excluding carboxylic acids is 2. The summed E-state index contributed by atoms with van der Waals surface area (Å²) < 4.78 is 48.3. The van der Waals surface area contributed by atoms with Crippen LogP contribution in [0.2, 0.25) is 0 Å². The van der Waals surface area contributed by atoms with Gasteiger partial charge in [-0.15, -0.1) is 6.42 Å². The number of carbonyl (C=O) groups is 2. The number of benzene rings is 1. The standard InChI is InChI=1S/C16H16F3NO4/c1-6-9-7-10(16(17,18)19)8-11(13(21)23-5)12(9)20-14(22)24-15(2,3)4/h1,7-8H,2-5H3,(H,20,22). The molecular formula is C16H16F3NO4. The second-order valence-corrected chi connectivity index (χ2v) is 5.71. The first kappa shape index (κ1) is 19.4. The molecule has 0 bridgehead atoms. The van der Waals surface area contributed by atoms with E-state index >= 15 is 0 Å². The second-order valence-electron chi connectivity index (χ2n) is 5.71. The van der Waals surface area contributed by atoms with Crippen LogP contribution in [0.15, 0.2) is 12.1 Å². The fraction of sp³-hybridized carbons (Fsp3) is 0.375. The molecule has 0 fully saturated rings. The average Bonchev–Trinajstić information content (AvgIpc) is 2.43. The van der Waals surface area contributed by atoms with Crippen molar-refractivity contribution in [2.75, 3.05) is 12.4 Å². The van der Waals surface area contributed by atoms with Crippen LogP contribution in [0.3, 0.4) is 0 Å². The molecule has 5 nitrogen and oxygen atoms in total. The number of esters is 1. The van der Waals surface area contributed by atoms with E-state index < -0.39 is 35.0 Å². The van der Waals surface area contributed by atoms with E-state index in [-0.39, 0.29) is 11.3 Å². The molecule has 1 aromatic rings. The Labute approximate surface area is 137 Å². The van der Waals surface area contributed by atoms with Crippen molar-refractivity contribution in [3.05, 3.63) is 28.8 Å². The zero-order chi connectivity index (χ0) is 18.7. The quantitative estimate of drug-likeness (QED) is 0.655. The predicted octanol–water partition coefficient (Wildman–Crippen LogP) is 3.82. The van der Waals surface area contributed by atoms with Crippen LogP contribution in [0.25, 0.3) is 0 Å². The molecule has 1 rings (SSSR count). The Bertz CT molecular complexity index is 697. The molecule has 0 heterocycles. The number of nitrogens with one attached hydrogen (secondary N) is 1. The van der Waals surface area contributed by atoms with E-state index in [1.807, 2.05) is 5.92 Å². The van der Waals surface area contributed by atoms with E-state index in [4.69, 9.17) is 11.2 Å². The molecule has 0 saturated carbocycles. The van der Waals surface area contributed by atoms with Gasteiger partial charge in [-0.05, 0) is 32.9 Å². The molecule has 1 aromatic carbocycles. The van der Waals surface area contributed by atoms with Gasteiger partial charge in [-0.2, -0.15) is 13.2 Å². The van der Waals surface area contributed by atoms with Crippen molar-refractivity contribution in [2.24, 2.45) is 0 Å². The van der Waals surface area contributed by atoms with Gasteiger partial charge in [0.05, 0.1) is 23.9 Å². The summed E-state index contributed by atoms with van der Waals surface area (Å²) in [7, 11) is 0.995. The maximum Gasteiger partial charge on any atom is 0.416 e. The summed E-state index contributed by atoms with van der Waals surface area (Å²) in [5, 5.41) is 2.21. The highest BCUT2D eigenvalue weighted by atomic mass is 19.4. The predicted molar refractivity (Wildman–Crippen MR) is 80.6 cm³/mol. The molecule has 0 unspecified atom stereocenters. The van der Waals surface area contributed by atoms with Crippen molar-refractivity contribution >= 4 is 17.7 Å². The molecule has 0 aliphatic carbocycles. The van der Waals surface area contributed by atoms with Gasteiger partial charge < -0.3 is 9.47 Å². The van der Waals surface area contributed by atoms with E-state index in [0.717, 1.165) is 7.11 Å². The van der Waals surface area contributed by atoms with E-state index in [0.29, 0.717) is 12.1 Å². The van der Waals surface area contributed by atoms with Gasteiger partial charge in [0.1, 0.15) is 5.60 Å². The first-order valence-corrected chi connectivity index (χ1v) is 6.69. The van der Waals surface area contributed by atoms with Crippen LogP contribution in [0.5, 0.6) is 0 Å². The number of hydrogen-bond donors (Lipinski definition) is 1. The number of alkyl halides is 3. The number of anilines is 1. The highest BCUT2D eigenvalue weighted by Gasteiger charge is 2.34. The number of halogens is 3. The zero-order valence-electron chi connectivity index (χ0n) is 13.5. The highest BCUT2D eigenvalue weighted by molar-refractivity contribution is 6.01. The molecule has 8 heteroatoms. The summed E-state index contributed by atoms with van der Waals surface area (Å²) in [6, 6.07) is 1.21. The highest BCUT2D eigenvalue weighted by Crippen LogP contribution is 2.34. The summed E-state index contributed by atoms with van der Waals surface area (Å²) in [5.41, 5.74) is -3.11. The minimum atomic E-state index is -4.72. The lowest BCUT2D eigenvalue weighted by molar-refractivity contribution is -0.137. The SMILES string of the molecule is C#Cc1cc(C(F)(F)F)cc(C(=O)OC)c1NC(=O)OC(C)(C)C. The average molecular weight is 343 g/mol. The van der Waals surface area contributed by atoms with Crippen molar-refractivity contribution in [1.29, 1.82) is 0 Å². The Morgan fingerprint density at radius 3 is 2.21 bits per heavy atom. The molecule has 0 spiro atoms. The normalized spacial score (nSPS) is 11.4. The molecule has 1 amide bonds. The summed E-state index contributed by atoms with van der Waals surface area (Å²) >= 11 is 0. The third kappa shape index (κ3) is 4.91. The second kappa shape index (κ2) is 6.83. The number of terminal acetylenes is 1. The molecule has 1 N–H and O–H groups in total. The van der Waals surface area contributed by atoms with Crippen molar-refractivity contribution in [3.8, 4) is 12.3 Å². The Morgan fingerprint density at radius 1 is 1.21 bits per heavy atom. The van der Waals surface area contributed by atoms with Crippen LogP contribution in [-0.2, 0) is 15.7 Å². The molecule has 0 aliphatic heterocycles. The number of amides is 1. The molecular weight excluding hydrogens is 327 g/mol. The minimum absolute atomic E-state index is 0.286. The Balaban J connectivity index is 3.44. The summed E-state index contributed by atoms with van der Waals surface area (Å²) in [5.74, 6) is 0.938. The van der Waals surface area contributed by atoms with Gasteiger partial charge in [-0.1, -0.05) is 5.92 Å². The fourth-order valence-electron chi connectivity index (χ4n) is 1.73. The van der Waals surface area contributed by atoms with Crippen molar-refractivity contribution in [2.45, 2.75) is 32.5 Å². The van der Waals surface area contributed by atoms with E-state index in [1.165, 1.54) is 0 Å². The Hall–Kier alpha value is -2.69. The van der Waals surface area contributed by atoms with Crippen LogP contribution in [0, 0.1) is 12.3 Å². The van der Waals surface area contributed by atoms with Crippen LogP contribution in [0.1, 0.15) is 42.3 Å². The molecule has 0 atom stereocenters. The fourth-order valence-corrected chi connectivity index (χ4v) is 1.73. The Kier molecular flexibility index (Phi) is 5.50. The minimum Gasteiger partial charge on any atom is -0.465 e. The number of methoxy groups -OCH3 is 1. The number of rotatable bonds is 2. The number of ether oxygens (including phenoxy) is 2. The molecule has 0 aromatic heterocycles. The third-order valence-corrected chi connectivity index (χ3v) is 2.65. The first-order chi connectivity index (χ1) is 10.9. The van der Waals surface area contributed by atoms with Gasteiger partial charge in [0, 0.05) is 5.56 Å². The van der Waals surface area contributed by atoms with E-state index in [2.05, 4.69) is 10.1 Å². The first-order valence-electron chi connectivity index (χ1n) is 6.69. The van der Waals surface area contributed by atoms with Crippen molar-refractivity contribution in [1.82, 2.24) is 0 Å². The lowest BCUT2D eigenvalue weighted by Gasteiger charge is -2.21. The van der Waals surface area contributed by atoms with Crippen LogP contribution in [0.4, 0.5) is 23.7 Å². The van der Waals surface area contributed by atoms with Crippen molar-refractivity contribution < 1.29 is 32.2 Å². The molecule has 0 saturated heterocycles. The van der Waals surface area contributed by atoms with Gasteiger partial charge in [-0.3, -0.25) is 5.32 Å². The van der Waals surface area contributed by atoms with Crippen molar-refractivity contribution in [3.63, 3.8) is 0 Å². The molecule has 24 heavy (non-hydrogen) atoms. The molecule has 0 radical (unpaired) electrons. The maximum atomic E-state index is 12.9. The summed E-state index contributed by atoms with van der Waals surface area (Å²) in [6.07, 6.45) is -0.477. The van der Waals surface area contributed by atoms with Crippen LogP contribution >= 0.6 is 0 Å². The van der Waals surface area contributed by atoms with Gasteiger partial charge in [0.15, 0.2) is 0 Å². The maximum absolute atomic E-state index is 12.9. The van der Waals surface area contributed by atoms with E-state index in [1.54, 1.807) is 20.8 Å². The summed E-state index contributed by atoms with van der Waals surface area (Å²) in [4.78, 5) is 23.7.